The summed E-state index contributed by atoms with van der Waals surface area (Å²) in [6.07, 6.45) is 12.4. The molecule has 0 aliphatic carbocycles. The fraction of sp³-hybridized carbons (Fsp3) is 0.708. The van der Waals surface area contributed by atoms with Gasteiger partial charge in [-0.15, -0.1) is 0 Å². The van der Waals surface area contributed by atoms with Crippen LogP contribution in [0.15, 0.2) is 24.3 Å². The van der Waals surface area contributed by atoms with Crippen LogP contribution in [0.5, 0.6) is 5.75 Å². The minimum absolute atomic E-state index is 0. The van der Waals surface area contributed by atoms with Crippen molar-refractivity contribution in [2.24, 2.45) is 0 Å². The molecule has 1 fully saturated rings. The Morgan fingerprint density at radius 2 is 1.76 bits per heavy atom. The van der Waals surface area contributed by atoms with E-state index >= 15 is 0 Å². The zero-order chi connectivity index (χ0) is 23.2. The maximum absolute atomic E-state index is 12.4. The number of nitrogens with zero attached hydrogens (tertiary/aromatic N) is 1. The highest BCUT2D eigenvalue weighted by Gasteiger charge is 2.31. The normalized spacial score (nSPS) is 16.0. The Bertz CT molecular complexity index is 727. The van der Waals surface area contributed by atoms with Crippen molar-refractivity contribution in [3.05, 3.63) is 29.8 Å². The van der Waals surface area contributed by atoms with Gasteiger partial charge in [0.1, 0.15) is 5.75 Å². The van der Waals surface area contributed by atoms with Crippen LogP contribution in [0.1, 0.15) is 83.1 Å². The van der Waals surface area contributed by atoms with E-state index in [-0.39, 0.29) is 18.6 Å². The monoisotopic (exact) mass is 486 g/mol. The second kappa shape index (κ2) is 16.2. The number of hydrogen-bond acceptors (Lipinski definition) is 5. The van der Waals surface area contributed by atoms with Crippen molar-refractivity contribution in [1.29, 1.82) is 0 Å². The minimum atomic E-state index is -4.52. The molecule has 1 aromatic rings. The average Bonchev–Trinajstić information content (AvgIpc) is 3.20. The van der Waals surface area contributed by atoms with Crippen LogP contribution in [0.3, 0.4) is 0 Å². The number of benzene rings is 1. The molecule has 0 unspecified atom stereocenters. The third-order valence-electron chi connectivity index (χ3n) is 5.83. The van der Waals surface area contributed by atoms with Crippen molar-refractivity contribution in [3.63, 3.8) is 0 Å². The first-order chi connectivity index (χ1) is 15.4. The lowest BCUT2D eigenvalue weighted by Gasteiger charge is -2.17. The van der Waals surface area contributed by atoms with Gasteiger partial charge in [-0.1, -0.05) is 70.4 Å². The highest BCUT2D eigenvalue weighted by atomic mass is 31.2. The lowest BCUT2D eigenvalue weighted by molar-refractivity contribution is -0.130. The molecule has 1 amide bonds. The Balaban J connectivity index is 0.00000544. The number of likely N-dealkylation sites (tertiary alicyclic amines) is 1. The van der Waals surface area contributed by atoms with Gasteiger partial charge in [0.05, 0.1) is 12.7 Å². The van der Waals surface area contributed by atoms with Gasteiger partial charge < -0.3 is 25.6 Å². The zero-order valence-electron chi connectivity index (χ0n) is 20.1. The molecule has 0 aromatic heterocycles. The summed E-state index contributed by atoms with van der Waals surface area (Å²) >= 11 is 0. The number of hydrogen-bond donors (Lipinski definition) is 3. The molecule has 2 rings (SSSR count). The fourth-order valence-corrected chi connectivity index (χ4v) is 4.60. The van der Waals surface area contributed by atoms with E-state index in [0.717, 1.165) is 17.7 Å². The van der Waals surface area contributed by atoms with E-state index in [1.54, 1.807) is 4.90 Å². The van der Waals surface area contributed by atoms with E-state index < -0.39 is 13.9 Å². The lowest BCUT2D eigenvalue weighted by Crippen LogP contribution is -2.30. The molecule has 190 valence electrons. The van der Waals surface area contributed by atoms with Crippen LogP contribution < -0.4 is 10.9 Å². The van der Waals surface area contributed by atoms with Crippen LogP contribution in [-0.2, 0) is 20.3 Å². The average molecular weight is 487 g/mol. The lowest BCUT2D eigenvalue weighted by atomic mass is 10.1. The molecule has 1 aromatic carbocycles. The summed E-state index contributed by atoms with van der Waals surface area (Å²) in [4.78, 5) is 31.9. The van der Waals surface area contributed by atoms with Crippen molar-refractivity contribution in [2.75, 3.05) is 19.7 Å². The van der Waals surface area contributed by atoms with Crippen molar-refractivity contribution in [3.8, 4) is 5.75 Å². The number of phosphoric ester groups is 1. The Labute approximate surface area is 198 Å². The molecule has 5 N–H and O–H groups in total. The number of carbonyl (C=O) groups is 1. The molecule has 9 heteroatoms. The van der Waals surface area contributed by atoms with Crippen LogP contribution in [0.2, 0.25) is 0 Å². The maximum Gasteiger partial charge on any atom is 0.469 e. The van der Waals surface area contributed by atoms with Gasteiger partial charge in [-0.2, -0.15) is 0 Å². The van der Waals surface area contributed by atoms with Crippen molar-refractivity contribution >= 4 is 13.7 Å². The highest BCUT2D eigenvalue weighted by Crippen LogP contribution is 2.39. The van der Waals surface area contributed by atoms with Crippen LogP contribution in [0.4, 0.5) is 0 Å². The van der Waals surface area contributed by atoms with Gasteiger partial charge in [-0.3, -0.25) is 9.32 Å². The predicted octanol–water partition coefficient (Wildman–Crippen LogP) is 5.40. The molecule has 1 aliphatic rings. The number of aryl methyl sites for hydroxylation is 1. The zero-order valence-corrected chi connectivity index (χ0v) is 21.0. The summed E-state index contributed by atoms with van der Waals surface area (Å²) in [6, 6.07) is 7.88. The third kappa shape index (κ3) is 13.1. The molecule has 8 nitrogen and oxygen atoms in total. The van der Waals surface area contributed by atoms with Crippen LogP contribution in [0, 0.1) is 0 Å². The maximum atomic E-state index is 12.4. The van der Waals surface area contributed by atoms with Gasteiger partial charge in [-0.25, -0.2) is 4.57 Å². The van der Waals surface area contributed by atoms with E-state index in [1.807, 2.05) is 24.3 Å². The predicted molar refractivity (Wildman–Crippen MR) is 131 cm³/mol. The topological polar surface area (TPSA) is 131 Å². The van der Waals surface area contributed by atoms with E-state index in [0.29, 0.717) is 32.4 Å². The first kappa shape index (κ1) is 29.6. The number of carbonyl (C=O) groups excluding carboxylic acids is 1. The van der Waals surface area contributed by atoms with E-state index in [2.05, 4.69) is 6.92 Å². The Hall–Kier alpha value is -1.44. The van der Waals surface area contributed by atoms with Gasteiger partial charge in [0.2, 0.25) is 5.91 Å². The minimum Gasteiger partial charge on any atom is -0.494 e. The molecule has 1 saturated heterocycles. The highest BCUT2D eigenvalue weighted by molar-refractivity contribution is 7.46. The molecule has 0 radical (unpaired) electrons. The summed E-state index contributed by atoms with van der Waals surface area (Å²) in [7, 11) is -4.52. The van der Waals surface area contributed by atoms with E-state index in [4.69, 9.17) is 19.0 Å². The van der Waals surface area contributed by atoms with E-state index in [1.165, 1.54) is 51.4 Å². The van der Waals surface area contributed by atoms with Crippen molar-refractivity contribution in [2.45, 2.75) is 90.1 Å². The fourth-order valence-electron chi connectivity index (χ4n) is 4.04. The van der Waals surface area contributed by atoms with Crippen LogP contribution in [-0.4, -0.2) is 46.4 Å². The number of ether oxygens (including phenoxy) is 1. The summed E-state index contributed by atoms with van der Waals surface area (Å²) in [5.74, 6) is 0.814. The molecule has 1 atom stereocenters. The quantitative estimate of drug-likeness (QED) is 0.210. The van der Waals surface area contributed by atoms with Crippen molar-refractivity contribution in [1.82, 2.24) is 11.1 Å². The molecule has 1 heterocycles. The number of rotatable bonds is 16. The molecule has 33 heavy (non-hydrogen) atoms. The first-order valence-corrected chi connectivity index (χ1v) is 13.6. The van der Waals surface area contributed by atoms with E-state index in [9.17, 15) is 9.36 Å². The number of unbranched alkanes of at least 4 members (excludes halogenated alkanes) is 8. The molecule has 1 aliphatic heterocycles. The second-order valence-corrected chi connectivity index (χ2v) is 9.86. The molecule has 0 bridgehead atoms. The Morgan fingerprint density at radius 3 is 2.42 bits per heavy atom. The van der Waals surface area contributed by atoms with Crippen LogP contribution in [0.25, 0.3) is 0 Å². The third-order valence-corrected chi connectivity index (χ3v) is 6.40. The molecule has 0 saturated carbocycles. The Morgan fingerprint density at radius 1 is 1.09 bits per heavy atom. The van der Waals surface area contributed by atoms with Crippen LogP contribution >= 0.6 is 7.82 Å². The largest absolute Gasteiger partial charge is 0.494 e. The first-order valence-electron chi connectivity index (χ1n) is 12.1. The van der Waals surface area contributed by atoms with Gasteiger partial charge in [0, 0.05) is 19.5 Å². The van der Waals surface area contributed by atoms with Gasteiger partial charge in [0.15, 0.2) is 0 Å². The summed E-state index contributed by atoms with van der Waals surface area (Å²) < 4.78 is 21.5. The van der Waals surface area contributed by atoms with Crippen molar-refractivity contribution < 1.29 is 28.4 Å². The number of amides is 1. The van der Waals surface area contributed by atoms with Gasteiger partial charge >= 0.3 is 7.82 Å². The summed E-state index contributed by atoms with van der Waals surface area (Å²) in [5.41, 5.74) is 1.05. The molecular weight excluding hydrogens is 443 g/mol. The standard InChI is InChI=1S/C24H40NO6P.H3N/c1-2-3-4-5-6-7-8-9-10-18-30-22-13-11-12-21(19-22)14-15-24(26)25-17-16-23(20-25)31-32(27,28)29;/h11-13,19,23H,2-10,14-18,20H2,1H3,(H2,27,28,29);1H3/t23-;/m1./s1. The summed E-state index contributed by atoms with van der Waals surface area (Å²) in [5, 5.41) is 0. The second-order valence-electron chi connectivity index (χ2n) is 8.67. The smallest absolute Gasteiger partial charge is 0.469 e. The Kier molecular flexibility index (Phi) is 14.6. The van der Waals surface area contributed by atoms with Gasteiger partial charge in [-0.05, 0) is 37.0 Å². The molecule has 0 spiro atoms. The van der Waals surface area contributed by atoms with Gasteiger partial charge in [0.25, 0.3) is 0 Å². The number of phosphoric acid groups is 1. The summed E-state index contributed by atoms with van der Waals surface area (Å²) in [6.45, 7) is 3.65. The molecular formula is C24H43N2O6P. The SMILES string of the molecule is CCCCCCCCCCCOc1cccc(CCC(=O)N2CC[C@@H](OP(=O)(O)O)C2)c1.N.